The molecule has 0 heterocycles. The summed E-state index contributed by atoms with van der Waals surface area (Å²) < 4.78 is 9.39. The van der Waals surface area contributed by atoms with Crippen molar-refractivity contribution in [2.24, 2.45) is 5.41 Å². The van der Waals surface area contributed by atoms with Crippen LogP contribution < -0.4 is 0 Å². The third-order valence-corrected chi connectivity index (χ3v) is 3.52. The molecular formula is C14H22O4. The van der Waals surface area contributed by atoms with Crippen molar-refractivity contribution in [2.75, 3.05) is 14.2 Å². The van der Waals surface area contributed by atoms with Gasteiger partial charge in [0, 0.05) is 6.42 Å². The maximum atomic E-state index is 11.5. The lowest BCUT2D eigenvalue weighted by molar-refractivity contribution is -0.143. The molecule has 0 radical (unpaired) electrons. The molecule has 0 aromatic heterocycles. The summed E-state index contributed by atoms with van der Waals surface area (Å²) in [5.74, 6) is -0.373. The van der Waals surface area contributed by atoms with Gasteiger partial charge in [0.25, 0.3) is 0 Å². The Kier molecular flexibility index (Phi) is 5.89. The number of rotatable bonds is 6. The van der Waals surface area contributed by atoms with Crippen LogP contribution in [-0.2, 0) is 19.1 Å². The summed E-state index contributed by atoms with van der Waals surface area (Å²) in [5, 5.41) is 0. The Balaban J connectivity index is 2.55. The summed E-state index contributed by atoms with van der Waals surface area (Å²) in [6.07, 6.45) is 9.79. The highest BCUT2D eigenvalue weighted by Crippen LogP contribution is 2.39. The molecular weight excluding hydrogens is 232 g/mol. The van der Waals surface area contributed by atoms with E-state index in [9.17, 15) is 9.59 Å². The number of methoxy groups -OCH3 is 2. The Labute approximate surface area is 108 Å². The SMILES string of the molecule is COC(=O)CCC[C@]1(CC(=O)OC)C=CCCC1. The molecule has 0 aromatic carbocycles. The van der Waals surface area contributed by atoms with E-state index in [1.165, 1.54) is 14.2 Å². The highest BCUT2D eigenvalue weighted by atomic mass is 16.5. The van der Waals surface area contributed by atoms with Crippen LogP contribution in [0.25, 0.3) is 0 Å². The molecule has 4 nitrogen and oxygen atoms in total. The van der Waals surface area contributed by atoms with Crippen molar-refractivity contribution >= 4 is 11.9 Å². The van der Waals surface area contributed by atoms with E-state index < -0.39 is 0 Å². The second-order valence-corrected chi connectivity index (χ2v) is 4.84. The molecule has 0 bridgehead atoms. The number of carbonyl (C=O) groups is 2. The predicted octanol–water partition coefficient (Wildman–Crippen LogP) is 2.62. The van der Waals surface area contributed by atoms with E-state index in [1.807, 2.05) is 0 Å². The molecule has 0 saturated carbocycles. The fourth-order valence-electron chi connectivity index (χ4n) is 2.48. The second kappa shape index (κ2) is 7.19. The van der Waals surface area contributed by atoms with Gasteiger partial charge in [-0.3, -0.25) is 9.59 Å². The molecule has 0 amide bonds. The molecule has 0 spiro atoms. The van der Waals surface area contributed by atoms with E-state index in [-0.39, 0.29) is 17.4 Å². The highest BCUT2D eigenvalue weighted by Gasteiger charge is 2.31. The zero-order chi connectivity index (χ0) is 13.4. The Morgan fingerprint density at radius 3 is 2.50 bits per heavy atom. The van der Waals surface area contributed by atoms with Crippen LogP contribution in [0.3, 0.4) is 0 Å². The molecule has 4 heteroatoms. The minimum Gasteiger partial charge on any atom is -0.469 e. The summed E-state index contributed by atoms with van der Waals surface area (Å²) in [7, 11) is 2.81. The van der Waals surface area contributed by atoms with Gasteiger partial charge in [0.1, 0.15) is 0 Å². The molecule has 0 aliphatic heterocycles. The van der Waals surface area contributed by atoms with E-state index in [2.05, 4.69) is 16.9 Å². The fraction of sp³-hybridized carbons (Fsp3) is 0.714. The standard InChI is InChI=1S/C14H22O4/c1-17-12(15)7-6-10-14(11-13(16)18-2)8-4-3-5-9-14/h4,8H,3,5-7,9-11H2,1-2H3/t14-/m0/s1. The van der Waals surface area contributed by atoms with E-state index in [1.54, 1.807) is 0 Å². The van der Waals surface area contributed by atoms with E-state index >= 15 is 0 Å². The van der Waals surface area contributed by atoms with Gasteiger partial charge in [-0.2, -0.15) is 0 Å². The van der Waals surface area contributed by atoms with E-state index in [0.29, 0.717) is 12.8 Å². The third kappa shape index (κ3) is 4.51. The van der Waals surface area contributed by atoms with E-state index in [4.69, 9.17) is 4.74 Å². The van der Waals surface area contributed by atoms with Gasteiger partial charge < -0.3 is 9.47 Å². The monoisotopic (exact) mass is 254 g/mol. The third-order valence-electron chi connectivity index (χ3n) is 3.52. The van der Waals surface area contributed by atoms with Crippen LogP contribution in [0.1, 0.15) is 44.9 Å². The minimum absolute atomic E-state index is 0.126. The van der Waals surface area contributed by atoms with Crippen molar-refractivity contribution in [1.82, 2.24) is 0 Å². The first-order chi connectivity index (χ1) is 8.62. The summed E-state index contributed by atoms with van der Waals surface area (Å²) in [4.78, 5) is 22.6. The number of ether oxygens (including phenoxy) is 2. The van der Waals surface area contributed by atoms with Crippen LogP contribution in [0.15, 0.2) is 12.2 Å². The average Bonchev–Trinajstić information content (AvgIpc) is 2.39. The molecule has 18 heavy (non-hydrogen) atoms. The van der Waals surface area contributed by atoms with Gasteiger partial charge in [-0.15, -0.1) is 0 Å². The lowest BCUT2D eigenvalue weighted by Crippen LogP contribution is -2.25. The average molecular weight is 254 g/mol. The number of allylic oxidation sites excluding steroid dienone is 2. The van der Waals surface area contributed by atoms with Crippen LogP contribution in [-0.4, -0.2) is 26.2 Å². The van der Waals surface area contributed by atoms with Gasteiger partial charge in [0.05, 0.1) is 20.6 Å². The molecule has 0 unspecified atom stereocenters. The maximum Gasteiger partial charge on any atom is 0.306 e. The smallest absolute Gasteiger partial charge is 0.306 e. The highest BCUT2D eigenvalue weighted by molar-refractivity contribution is 5.71. The van der Waals surface area contributed by atoms with Crippen molar-refractivity contribution in [3.8, 4) is 0 Å². The van der Waals surface area contributed by atoms with Gasteiger partial charge in [0.15, 0.2) is 0 Å². The number of esters is 2. The van der Waals surface area contributed by atoms with Crippen LogP contribution in [0.2, 0.25) is 0 Å². The molecule has 102 valence electrons. The lowest BCUT2D eigenvalue weighted by Gasteiger charge is -2.32. The summed E-state index contributed by atoms with van der Waals surface area (Å²) in [6, 6.07) is 0. The molecule has 1 rings (SSSR count). The molecule has 0 N–H and O–H groups in total. The lowest BCUT2D eigenvalue weighted by atomic mass is 9.73. The van der Waals surface area contributed by atoms with Crippen LogP contribution in [0.4, 0.5) is 0 Å². The first-order valence-corrected chi connectivity index (χ1v) is 6.43. The number of hydrogen-bond donors (Lipinski definition) is 0. The van der Waals surface area contributed by atoms with Gasteiger partial charge in [-0.05, 0) is 37.5 Å². The Bertz CT molecular complexity index is 322. The Morgan fingerprint density at radius 1 is 1.22 bits per heavy atom. The van der Waals surface area contributed by atoms with E-state index in [0.717, 1.165) is 32.1 Å². The van der Waals surface area contributed by atoms with Gasteiger partial charge in [-0.25, -0.2) is 0 Å². The van der Waals surface area contributed by atoms with Crippen LogP contribution >= 0.6 is 0 Å². The fourth-order valence-corrected chi connectivity index (χ4v) is 2.48. The predicted molar refractivity (Wildman–Crippen MR) is 67.9 cm³/mol. The number of hydrogen-bond acceptors (Lipinski definition) is 4. The molecule has 1 aliphatic rings. The second-order valence-electron chi connectivity index (χ2n) is 4.84. The summed E-state index contributed by atoms with van der Waals surface area (Å²) in [6.45, 7) is 0. The van der Waals surface area contributed by atoms with Crippen LogP contribution in [0, 0.1) is 5.41 Å². The Morgan fingerprint density at radius 2 is 1.94 bits per heavy atom. The summed E-state index contributed by atoms with van der Waals surface area (Å²) >= 11 is 0. The summed E-state index contributed by atoms with van der Waals surface area (Å²) in [5.41, 5.74) is -0.126. The van der Waals surface area contributed by atoms with Gasteiger partial charge >= 0.3 is 11.9 Å². The molecule has 1 atom stereocenters. The largest absolute Gasteiger partial charge is 0.469 e. The maximum absolute atomic E-state index is 11.5. The molecule has 0 saturated heterocycles. The van der Waals surface area contributed by atoms with Gasteiger partial charge in [-0.1, -0.05) is 12.2 Å². The van der Waals surface area contributed by atoms with Crippen molar-refractivity contribution in [1.29, 1.82) is 0 Å². The zero-order valence-electron chi connectivity index (χ0n) is 11.2. The molecule has 1 aliphatic carbocycles. The van der Waals surface area contributed by atoms with Crippen molar-refractivity contribution in [2.45, 2.75) is 44.9 Å². The van der Waals surface area contributed by atoms with Crippen molar-refractivity contribution in [3.05, 3.63) is 12.2 Å². The van der Waals surface area contributed by atoms with Crippen molar-refractivity contribution < 1.29 is 19.1 Å². The van der Waals surface area contributed by atoms with Crippen molar-refractivity contribution in [3.63, 3.8) is 0 Å². The Hall–Kier alpha value is -1.32. The first kappa shape index (κ1) is 14.7. The number of carbonyl (C=O) groups excluding carboxylic acids is 2. The van der Waals surface area contributed by atoms with Gasteiger partial charge in [0.2, 0.25) is 0 Å². The quantitative estimate of drug-likeness (QED) is 0.540. The minimum atomic E-state index is -0.192. The zero-order valence-corrected chi connectivity index (χ0v) is 11.2. The molecule has 0 aromatic rings. The topological polar surface area (TPSA) is 52.6 Å². The van der Waals surface area contributed by atoms with Crippen LogP contribution in [0.5, 0.6) is 0 Å². The molecule has 0 fully saturated rings. The normalized spacial score (nSPS) is 22.6. The first-order valence-electron chi connectivity index (χ1n) is 6.43.